The van der Waals surface area contributed by atoms with Crippen LogP contribution in [0.2, 0.25) is 0 Å². The first-order valence-electron chi connectivity index (χ1n) is 8.04. The van der Waals surface area contributed by atoms with E-state index in [0.29, 0.717) is 11.1 Å². The molecule has 2 rings (SSSR count). The fourth-order valence-electron chi connectivity index (χ4n) is 2.43. The molecule has 0 unspecified atom stereocenters. The zero-order valence-electron chi connectivity index (χ0n) is 14.6. The van der Waals surface area contributed by atoms with E-state index in [-0.39, 0.29) is 35.8 Å². The first kappa shape index (κ1) is 19.2. The van der Waals surface area contributed by atoms with E-state index in [4.69, 9.17) is 0 Å². The Hall–Kier alpha value is -2.14. The molecular formula is C20H22BrNO3. The second-order valence-electron chi connectivity index (χ2n) is 7.07. The molecule has 0 heterocycles. The summed E-state index contributed by atoms with van der Waals surface area (Å²) in [6, 6.07) is 12.1. The SMILES string of the molecule is CC(C)(C)NC(=O)c1cccc(CC(=O)Cc2cc(Br)ccc2O)c1. The van der Waals surface area contributed by atoms with Gasteiger partial charge in [0, 0.05) is 34.0 Å². The summed E-state index contributed by atoms with van der Waals surface area (Å²) >= 11 is 3.34. The summed E-state index contributed by atoms with van der Waals surface area (Å²) in [5, 5.41) is 12.8. The average Bonchev–Trinajstić information content (AvgIpc) is 2.49. The molecule has 4 nitrogen and oxygen atoms in total. The highest BCUT2D eigenvalue weighted by molar-refractivity contribution is 9.10. The molecule has 0 aliphatic carbocycles. The van der Waals surface area contributed by atoms with Crippen molar-refractivity contribution in [3.8, 4) is 5.75 Å². The topological polar surface area (TPSA) is 66.4 Å². The molecule has 5 heteroatoms. The first-order chi connectivity index (χ1) is 11.6. The van der Waals surface area contributed by atoms with Crippen LogP contribution in [0.5, 0.6) is 5.75 Å². The Labute approximate surface area is 156 Å². The van der Waals surface area contributed by atoms with Crippen molar-refractivity contribution in [3.05, 3.63) is 63.6 Å². The highest BCUT2D eigenvalue weighted by Gasteiger charge is 2.16. The molecule has 0 saturated carbocycles. The van der Waals surface area contributed by atoms with Crippen LogP contribution in [0.25, 0.3) is 0 Å². The molecule has 0 aromatic heterocycles. The van der Waals surface area contributed by atoms with Crippen LogP contribution in [0.3, 0.4) is 0 Å². The summed E-state index contributed by atoms with van der Waals surface area (Å²) in [6.07, 6.45) is 0.353. The van der Waals surface area contributed by atoms with Gasteiger partial charge in [-0.25, -0.2) is 0 Å². The van der Waals surface area contributed by atoms with Gasteiger partial charge < -0.3 is 10.4 Å². The van der Waals surface area contributed by atoms with Crippen LogP contribution in [-0.4, -0.2) is 22.3 Å². The number of nitrogens with one attached hydrogen (secondary N) is 1. The van der Waals surface area contributed by atoms with E-state index >= 15 is 0 Å². The number of hydrogen-bond donors (Lipinski definition) is 2. The number of hydrogen-bond acceptors (Lipinski definition) is 3. The third-order valence-electron chi connectivity index (χ3n) is 3.51. The maximum atomic E-state index is 12.3. The first-order valence-corrected chi connectivity index (χ1v) is 8.84. The smallest absolute Gasteiger partial charge is 0.251 e. The van der Waals surface area contributed by atoms with Gasteiger partial charge in [0.2, 0.25) is 0 Å². The van der Waals surface area contributed by atoms with Crippen molar-refractivity contribution < 1.29 is 14.7 Å². The minimum atomic E-state index is -0.318. The number of rotatable bonds is 5. The minimum Gasteiger partial charge on any atom is -0.508 e. The van der Waals surface area contributed by atoms with Gasteiger partial charge in [0.25, 0.3) is 5.91 Å². The van der Waals surface area contributed by atoms with Crippen molar-refractivity contribution in [2.24, 2.45) is 0 Å². The molecule has 0 spiro atoms. The molecule has 0 radical (unpaired) electrons. The standard InChI is InChI=1S/C20H22BrNO3/c1-20(2,3)22-19(25)14-6-4-5-13(9-14)10-17(23)12-15-11-16(21)7-8-18(15)24/h4-9,11,24H,10,12H2,1-3H3,(H,22,25). The number of benzene rings is 2. The fraction of sp³-hybridized carbons (Fsp3) is 0.300. The van der Waals surface area contributed by atoms with Crippen LogP contribution < -0.4 is 5.32 Å². The molecule has 0 aliphatic heterocycles. The predicted molar refractivity (Wildman–Crippen MR) is 102 cm³/mol. The van der Waals surface area contributed by atoms with E-state index < -0.39 is 0 Å². The minimum absolute atomic E-state index is 0.0261. The molecular weight excluding hydrogens is 382 g/mol. The van der Waals surface area contributed by atoms with Gasteiger partial charge in [-0.3, -0.25) is 9.59 Å². The zero-order chi connectivity index (χ0) is 18.6. The summed E-state index contributed by atoms with van der Waals surface area (Å²) in [5.41, 5.74) is 1.58. The largest absolute Gasteiger partial charge is 0.508 e. The Morgan fingerprint density at radius 3 is 2.48 bits per heavy atom. The van der Waals surface area contributed by atoms with Crippen LogP contribution in [0.15, 0.2) is 46.9 Å². The lowest BCUT2D eigenvalue weighted by Crippen LogP contribution is -2.40. The van der Waals surface area contributed by atoms with E-state index in [9.17, 15) is 14.7 Å². The number of halogens is 1. The lowest BCUT2D eigenvalue weighted by Gasteiger charge is -2.20. The molecule has 2 N–H and O–H groups in total. The second kappa shape index (κ2) is 7.83. The summed E-state index contributed by atoms with van der Waals surface area (Å²) in [5.74, 6) is -0.0805. The van der Waals surface area contributed by atoms with E-state index in [0.717, 1.165) is 10.0 Å². The Bertz CT molecular complexity index is 794. The van der Waals surface area contributed by atoms with Crippen molar-refractivity contribution in [1.29, 1.82) is 0 Å². The molecule has 2 aromatic carbocycles. The van der Waals surface area contributed by atoms with Crippen molar-refractivity contribution in [2.75, 3.05) is 0 Å². The van der Waals surface area contributed by atoms with Crippen molar-refractivity contribution in [3.63, 3.8) is 0 Å². The number of amides is 1. The van der Waals surface area contributed by atoms with Gasteiger partial charge in [-0.15, -0.1) is 0 Å². The third kappa shape index (κ3) is 6.02. The Kier molecular flexibility index (Phi) is 6.01. The van der Waals surface area contributed by atoms with Crippen LogP contribution in [0.4, 0.5) is 0 Å². The summed E-state index contributed by atoms with van der Waals surface area (Å²) in [6.45, 7) is 5.76. The number of carbonyl (C=O) groups excluding carboxylic acids is 2. The maximum Gasteiger partial charge on any atom is 0.251 e. The molecule has 0 saturated heterocycles. The summed E-state index contributed by atoms with van der Waals surface area (Å²) < 4.78 is 0.814. The highest BCUT2D eigenvalue weighted by Crippen LogP contribution is 2.23. The second-order valence-corrected chi connectivity index (χ2v) is 7.99. The van der Waals surface area contributed by atoms with Gasteiger partial charge in [0.15, 0.2) is 0 Å². The van der Waals surface area contributed by atoms with Crippen LogP contribution in [0, 0.1) is 0 Å². The molecule has 2 aromatic rings. The Morgan fingerprint density at radius 2 is 1.80 bits per heavy atom. The predicted octanol–water partition coefficient (Wildman–Crippen LogP) is 4.04. The lowest BCUT2D eigenvalue weighted by molar-refractivity contribution is -0.117. The highest BCUT2D eigenvalue weighted by atomic mass is 79.9. The van der Waals surface area contributed by atoms with Crippen molar-refractivity contribution in [1.82, 2.24) is 5.32 Å². The lowest BCUT2D eigenvalue weighted by atomic mass is 10.00. The van der Waals surface area contributed by atoms with Gasteiger partial charge in [-0.1, -0.05) is 28.1 Å². The molecule has 0 atom stereocenters. The summed E-state index contributed by atoms with van der Waals surface area (Å²) in [4.78, 5) is 24.6. The average molecular weight is 404 g/mol. The fourth-order valence-corrected chi connectivity index (χ4v) is 2.84. The Balaban J connectivity index is 2.07. The van der Waals surface area contributed by atoms with Crippen LogP contribution in [0.1, 0.15) is 42.3 Å². The van der Waals surface area contributed by atoms with Gasteiger partial charge in [-0.05, 0) is 56.7 Å². The van der Waals surface area contributed by atoms with E-state index in [1.807, 2.05) is 26.8 Å². The molecule has 25 heavy (non-hydrogen) atoms. The third-order valence-corrected chi connectivity index (χ3v) is 4.00. The normalized spacial score (nSPS) is 11.2. The number of carbonyl (C=O) groups is 2. The van der Waals surface area contributed by atoms with Crippen LogP contribution in [-0.2, 0) is 17.6 Å². The van der Waals surface area contributed by atoms with Gasteiger partial charge in [-0.2, -0.15) is 0 Å². The van der Waals surface area contributed by atoms with E-state index in [2.05, 4.69) is 21.2 Å². The molecule has 0 fully saturated rings. The number of ketones is 1. The van der Waals surface area contributed by atoms with Crippen molar-refractivity contribution in [2.45, 2.75) is 39.2 Å². The Morgan fingerprint density at radius 1 is 1.08 bits per heavy atom. The van der Waals surface area contributed by atoms with Crippen LogP contribution >= 0.6 is 15.9 Å². The van der Waals surface area contributed by atoms with Gasteiger partial charge in [0.05, 0.1) is 0 Å². The maximum absolute atomic E-state index is 12.3. The van der Waals surface area contributed by atoms with Gasteiger partial charge >= 0.3 is 0 Å². The summed E-state index contributed by atoms with van der Waals surface area (Å²) in [7, 11) is 0. The molecule has 1 amide bonds. The zero-order valence-corrected chi connectivity index (χ0v) is 16.2. The monoisotopic (exact) mass is 403 g/mol. The number of aromatic hydroxyl groups is 1. The number of Topliss-reactive ketones (excluding diaryl/α,β-unsaturated/α-hetero) is 1. The quantitative estimate of drug-likeness (QED) is 0.791. The molecule has 0 bridgehead atoms. The van der Waals surface area contributed by atoms with Crippen molar-refractivity contribution >= 4 is 27.6 Å². The molecule has 132 valence electrons. The molecule has 0 aliphatic rings. The number of phenols is 1. The van der Waals surface area contributed by atoms with E-state index in [1.54, 1.807) is 36.4 Å². The van der Waals surface area contributed by atoms with E-state index in [1.165, 1.54) is 0 Å². The van der Waals surface area contributed by atoms with Gasteiger partial charge in [0.1, 0.15) is 11.5 Å². The number of phenolic OH excluding ortho intramolecular Hbond substituents is 1.